The summed E-state index contributed by atoms with van der Waals surface area (Å²) in [4.78, 5) is 39.7. The number of carboxylic acid groups (broad SMARTS) is 1. The van der Waals surface area contributed by atoms with E-state index in [-0.39, 0.29) is 11.9 Å². The smallest absolute Gasteiger partial charge is 0.328 e. The maximum atomic E-state index is 12.6. The van der Waals surface area contributed by atoms with Gasteiger partial charge in [-0.25, -0.2) is 13.2 Å². The highest BCUT2D eigenvalue weighted by Gasteiger charge is 2.72. The number of amides is 1. The van der Waals surface area contributed by atoms with E-state index in [0.29, 0.717) is 5.69 Å². The van der Waals surface area contributed by atoms with Crippen molar-refractivity contribution in [3.05, 3.63) is 35.7 Å². The number of carboxylic acids is 1. The molecule has 0 radical (unpaired) electrons. The van der Waals surface area contributed by atoms with Crippen LogP contribution in [0.4, 0.5) is 0 Å². The number of aromatic nitrogens is 1. The molecule has 3 atom stereocenters. The van der Waals surface area contributed by atoms with E-state index in [1.54, 1.807) is 18.2 Å². The van der Waals surface area contributed by atoms with Crippen molar-refractivity contribution in [2.45, 2.75) is 23.1 Å². The molecule has 3 heterocycles. The highest BCUT2D eigenvalue weighted by Crippen LogP contribution is 2.48. The molecule has 0 spiro atoms. The second-order valence-electron chi connectivity index (χ2n) is 5.51. The number of nitrogens with zero attached hydrogens (tertiary/aromatic N) is 2. The zero-order chi connectivity index (χ0) is 17.0. The average Bonchev–Trinajstić information content (AvgIpc) is 2.68. The molecular formula is C14H12N2O6S. The predicted octanol–water partition coefficient (Wildman–Crippen LogP) is -0.528. The van der Waals surface area contributed by atoms with Gasteiger partial charge in [0.1, 0.15) is 6.29 Å². The van der Waals surface area contributed by atoms with E-state index < -0.39 is 37.9 Å². The molecule has 0 bridgehead atoms. The SMILES string of the molecule is C[C@]1(C=O)[C@H](C(=O)O)N2C(=O)/C(=C/c3ccccn3)[C@H]2S1(=O)=O. The van der Waals surface area contributed by atoms with Crippen molar-refractivity contribution in [1.29, 1.82) is 0 Å². The number of carbonyl (C=O) groups is 3. The lowest BCUT2D eigenvalue weighted by Gasteiger charge is -2.37. The summed E-state index contributed by atoms with van der Waals surface area (Å²) in [5.41, 5.74) is 0.290. The monoisotopic (exact) mass is 336 g/mol. The fourth-order valence-electron chi connectivity index (χ4n) is 2.94. The molecule has 0 unspecified atom stereocenters. The fraction of sp³-hybridized carbons (Fsp3) is 0.286. The Balaban J connectivity index is 2.14. The first-order valence-corrected chi connectivity index (χ1v) is 8.18. The van der Waals surface area contributed by atoms with E-state index in [2.05, 4.69) is 4.98 Å². The number of fused-ring (bicyclic) bond motifs is 1. The van der Waals surface area contributed by atoms with E-state index in [9.17, 15) is 27.9 Å². The minimum absolute atomic E-state index is 0.0828. The van der Waals surface area contributed by atoms with Gasteiger partial charge in [0.25, 0.3) is 5.91 Å². The summed E-state index contributed by atoms with van der Waals surface area (Å²) in [5.74, 6) is -2.25. The maximum Gasteiger partial charge on any atom is 0.328 e. The van der Waals surface area contributed by atoms with Crippen LogP contribution in [0.15, 0.2) is 30.0 Å². The molecule has 2 aliphatic heterocycles. The van der Waals surface area contributed by atoms with Crippen molar-refractivity contribution in [2.24, 2.45) is 0 Å². The molecule has 1 N–H and O–H groups in total. The van der Waals surface area contributed by atoms with Crippen molar-refractivity contribution in [2.75, 3.05) is 0 Å². The van der Waals surface area contributed by atoms with Crippen molar-refractivity contribution >= 4 is 34.1 Å². The number of hydrogen-bond acceptors (Lipinski definition) is 6. The Morgan fingerprint density at radius 2 is 2.13 bits per heavy atom. The molecule has 0 aromatic carbocycles. The minimum Gasteiger partial charge on any atom is -0.480 e. The van der Waals surface area contributed by atoms with Gasteiger partial charge in [0.05, 0.1) is 11.3 Å². The van der Waals surface area contributed by atoms with E-state index in [1.807, 2.05) is 0 Å². The highest BCUT2D eigenvalue weighted by atomic mass is 32.2. The van der Waals surface area contributed by atoms with Crippen molar-refractivity contribution in [3.63, 3.8) is 0 Å². The number of β-lactam (4-membered cyclic amide) rings is 1. The molecule has 2 aliphatic rings. The lowest BCUT2D eigenvalue weighted by Crippen LogP contribution is -2.59. The van der Waals surface area contributed by atoms with Crippen LogP contribution in [0.25, 0.3) is 6.08 Å². The van der Waals surface area contributed by atoms with Crippen LogP contribution < -0.4 is 0 Å². The van der Waals surface area contributed by atoms with Crippen LogP contribution in [0.2, 0.25) is 0 Å². The van der Waals surface area contributed by atoms with E-state index in [1.165, 1.54) is 12.3 Å². The Kier molecular flexibility index (Phi) is 3.15. The minimum atomic E-state index is -4.21. The molecule has 2 fully saturated rings. The molecule has 9 heteroatoms. The van der Waals surface area contributed by atoms with Crippen LogP contribution in [0.1, 0.15) is 12.6 Å². The van der Waals surface area contributed by atoms with Gasteiger partial charge in [-0.2, -0.15) is 0 Å². The molecule has 23 heavy (non-hydrogen) atoms. The van der Waals surface area contributed by atoms with Crippen LogP contribution >= 0.6 is 0 Å². The summed E-state index contributed by atoms with van der Waals surface area (Å²) < 4.78 is 23.1. The van der Waals surface area contributed by atoms with Gasteiger partial charge < -0.3 is 14.8 Å². The van der Waals surface area contributed by atoms with Crippen LogP contribution in [0, 0.1) is 0 Å². The van der Waals surface area contributed by atoms with Crippen molar-refractivity contribution < 1.29 is 27.9 Å². The van der Waals surface area contributed by atoms with Crippen LogP contribution in [0.3, 0.4) is 0 Å². The van der Waals surface area contributed by atoms with Gasteiger partial charge in [-0.3, -0.25) is 9.78 Å². The van der Waals surface area contributed by atoms with E-state index >= 15 is 0 Å². The topological polar surface area (TPSA) is 122 Å². The third-order valence-electron chi connectivity index (χ3n) is 4.19. The quantitative estimate of drug-likeness (QED) is 0.447. The summed E-state index contributed by atoms with van der Waals surface area (Å²) in [5, 5.41) is 7.84. The number of aliphatic carboxylic acids is 1. The van der Waals surface area contributed by atoms with Crippen molar-refractivity contribution in [1.82, 2.24) is 9.88 Å². The molecule has 0 aliphatic carbocycles. The van der Waals surface area contributed by atoms with Crippen molar-refractivity contribution in [3.8, 4) is 0 Å². The Hall–Kier alpha value is -2.55. The Morgan fingerprint density at radius 3 is 2.65 bits per heavy atom. The summed E-state index contributed by atoms with van der Waals surface area (Å²) in [6.07, 6.45) is 2.87. The Labute approximate surface area is 131 Å². The second kappa shape index (κ2) is 4.72. The lowest BCUT2D eigenvalue weighted by atomic mass is 9.95. The first-order valence-electron chi connectivity index (χ1n) is 6.63. The predicted molar refractivity (Wildman–Crippen MR) is 77.7 cm³/mol. The fourth-order valence-corrected chi connectivity index (χ4v) is 5.10. The average molecular weight is 336 g/mol. The molecule has 120 valence electrons. The zero-order valence-corrected chi connectivity index (χ0v) is 12.7. The zero-order valence-electron chi connectivity index (χ0n) is 11.9. The van der Waals surface area contributed by atoms with Gasteiger partial charge in [-0.05, 0) is 25.1 Å². The van der Waals surface area contributed by atoms with Crippen LogP contribution in [0.5, 0.6) is 0 Å². The highest BCUT2D eigenvalue weighted by molar-refractivity contribution is 7.94. The second-order valence-corrected chi connectivity index (χ2v) is 7.92. The molecule has 1 aromatic rings. The molecule has 0 saturated carbocycles. The summed E-state index contributed by atoms with van der Waals surface area (Å²) in [6.45, 7) is 1.03. The largest absolute Gasteiger partial charge is 0.480 e. The molecule has 1 aromatic heterocycles. The summed E-state index contributed by atoms with van der Waals surface area (Å²) in [7, 11) is -4.21. The maximum absolute atomic E-state index is 12.6. The third-order valence-corrected chi connectivity index (χ3v) is 6.80. The molecular weight excluding hydrogens is 324 g/mol. The van der Waals surface area contributed by atoms with Gasteiger partial charge in [-0.1, -0.05) is 6.07 Å². The van der Waals surface area contributed by atoms with Crippen LogP contribution in [-0.2, 0) is 24.2 Å². The van der Waals surface area contributed by atoms with Gasteiger partial charge in [-0.15, -0.1) is 0 Å². The first-order chi connectivity index (χ1) is 10.8. The molecule has 8 nitrogen and oxygen atoms in total. The van der Waals surface area contributed by atoms with Crippen LogP contribution in [-0.4, -0.2) is 57.7 Å². The lowest BCUT2D eigenvalue weighted by molar-refractivity contribution is -0.153. The standard InChI is InChI=1S/C14H12N2O6S/c1-14(7-17)10(13(19)20)16-11(18)9(12(16)23(14,21)22)6-8-4-2-3-5-15-8/h2-7,10,12H,1H3,(H,19,20)/b9-6-/t10-,12+,14-/m0/s1. The number of pyridine rings is 1. The number of sulfone groups is 1. The van der Waals surface area contributed by atoms with E-state index in [0.717, 1.165) is 11.8 Å². The number of aldehydes is 1. The third kappa shape index (κ3) is 1.79. The van der Waals surface area contributed by atoms with E-state index in [4.69, 9.17) is 0 Å². The summed E-state index contributed by atoms with van der Waals surface area (Å²) in [6, 6.07) is 3.17. The Morgan fingerprint density at radius 1 is 1.43 bits per heavy atom. The molecule has 1 amide bonds. The number of hydrogen-bond donors (Lipinski definition) is 1. The number of carbonyl (C=O) groups excluding carboxylic acids is 2. The normalized spacial score (nSPS) is 33.2. The molecule has 3 rings (SSSR count). The molecule has 2 saturated heterocycles. The Bertz CT molecular complexity index is 847. The first kappa shape index (κ1) is 15.3. The van der Waals surface area contributed by atoms with Gasteiger partial charge in [0.15, 0.2) is 26.0 Å². The summed E-state index contributed by atoms with van der Waals surface area (Å²) >= 11 is 0. The van der Waals surface area contributed by atoms with Gasteiger partial charge >= 0.3 is 5.97 Å². The van der Waals surface area contributed by atoms with Gasteiger partial charge in [0.2, 0.25) is 0 Å². The number of rotatable bonds is 3. The van der Waals surface area contributed by atoms with Gasteiger partial charge in [0, 0.05) is 6.20 Å².